The summed E-state index contributed by atoms with van der Waals surface area (Å²) in [4.78, 5) is 0. The second-order valence-corrected chi connectivity index (χ2v) is 8.06. The Kier molecular flexibility index (Phi) is 7.03. The van der Waals surface area contributed by atoms with Crippen LogP contribution in [0.1, 0.15) is 41.5 Å². The van der Waals surface area contributed by atoms with Crippen LogP contribution < -0.4 is 32.4 Å². The van der Waals surface area contributed by atoms with Crippen LogP contribution in [0.15, 0.2) is 24.3 Å². The normalized spacial score (nSPS) is 17.3. The minimum atomic E-state index is -1.11. The predicted molar refractivity (Wildman–Crippen MR) is 101 cm³/mol. The number of para-hydroxylation sites is 2. The van der Waals surface area contributed by atoms with Crippen molar-refractivity contribution in [1.82, 2.24) is 0 Å². The topological polar surface area (TPSA) is 141 Å². The van der Waals surface area contributed by atoms with Gasteiger partial charge < -0.3 is 30.4 Å². The lowest BCUT2D eigenvalue weighted by Crippen LogP contribution is -2.52. The summed E-state index contributed by atoms with van der Waals surface area (Å²) in [5.41, 5.74) is 20.1. The Morgan fingerprint density at radius 2 is 0.962 bits per heavy atom. The van der Waals surface area contributed by atoms with E-state index in [0.29, 0.717) is 11.5 Å². The Morgan fingerprint density at radius 1 is 0.654 bits per heavy atom. The van der Waals surface area contributed by atoms with Crippen molar-refractivity contribution in [3.63, 3.8) is 0 Å². The van der Waals surface area contributed by atoms with E-state index in [1.165, 1.54) is 0 Å². The summed E-state index contributed by atoms with van der Waals surface area (Å²) >= 11 is 0. The number of hydrogen-bond donors (Lipinski definition) is 4. The average molecular weight is 370 g/mol. The van der Waals surface area contributed by atoms with Gasteiger partial charge in [-0.3, -0.25) is 11.5 Å². The zero-order valence-electron chi connectivity index (χ0n) is 16.7. The van der Waals surface area contributed by atoms with Crippen LogP contribution in [0.2, 0.25) is 0 Å². The SMILES string of the molecule is CC(C)(N)OCC(C)(N)Oc1ccccc1OC(C)(N)COC(C)(C)N. The molecule has 1 rings (SSSR count). The van der Waals surface area contributed by atoms with Crippen LogP contribution in [0.3, 0.4) is 0 Å². The van der Waals surface area contributed by atoms with Gasteiger partial charge in [-0.2, -0.15) is 0 Å². The number of ether oxygens (including phenoxy) is 4. The van der Waals surface area contributed by atoms with E-state index in [4.69, 9.17) is 41.9 Å². The Bertz CT molecular complexity index is 526. The highest BCUT2D eigenvalue weighted by Crippen LogP contribution is 2.31. The van der Waals surface area contributed by atoms with Gasteiger partial charge in [0.2, 0.25) is 0 Å². The molecule has 0 fully saturated rings. The fourth-order valence-electron chi connectivity index (χ4n) is 1.84. The molecule has 0 aliphatic rings. The molecule has 0 spiro atoms. The quantitative estimate of drug-likeness (QED) is 0.450. The summed E-state index contributed by atoms with van der Waals surface area (Å²) in [6.45, 7) is 10.5. The first kappa shape index (κ1) is 22.6. The first-order chi connectivity index (χ1) is 11.6. The Balaban J connectivity index is 2.84. The van der Waals surface area contributed by atoms with E-state index in [2.05, 4.69) is 0 Å². The lowest BCUT2D eigenvalue weighted by molar-refractivity contribution is -0.0907. The highest BCUT2D eigenvalue weighted by atomic mass is 16.6. The number of benzene rings is 1. The van der Waals surface area contributed by atoms with Crippen molar-refractivity contribution >= 4 is 0 Å². The molecule has 1 aromatic carbocycles. The van der Waals surface area contributed by atoms with Crippen molar-refractivity contribution in [2.45, 2.75) is 64.4 Å². The summed E-state index contributed by atoms with van der Waals surface area (Å²) in [6.07, 6.45) is 0. The smallest absolute Gasteiger partial charge is 0.179 e. The van der Waals surface area contributed by atoms with E-state index >= 15 is 0 Å². The minimum absolute atomic E-state index is 0.0925. The van der Waals surface area contributed by atoms with Crippen molar-refractivity contribution in [2.75, 3.05) is 13.2 Å². The standard InChI is InChI=1S/C18H34N4O4/c1-15(2,19)23-11-17(5,21)25-13-9-7-8-10-14(13)26-18(6,22)12-24-16(3,4)20/h7-10H,11-12,19-22H2,1-6H3. The predicted octanol–water partition coefficient (Wildman–Crippen LogP) is 1.22. The third kappa shape index (κ3) is 9.33. The number of nitrogens with two attached hydrogens (primary N) is 4. The molecule has 150 valence electrons. The van der Waals surface area contributed by atoms with Crippen LogP contribution in [-0.2, 0) is 9.47 Å². The highest BCUT2D eigenvalue weighted by Gasteiger charge is 2.29. The molecule has 8 N–H and O–H groups in total. The van der Waals surface area contributed by atoms with E-state index < -0.39 is 22.9 Å². The molecule has 2 unspecified atom stereocenters. The van der Waals surface area contributed by atoms with Gasteiger partial charge in [-0.25, -0.2) is 0 Å². The molecule has 0 saturated heterocycles. The van der Waals surface area contributed by atoms with Gasteiger partial charge in [0.15, 0.2) is 22.9 Å². The van der Waals surface area contributed by atoms with Crippen LogP contribution in [-0.4, -0.2) is 36.1 Å². The summed E-state index contributed by atoms with van der Waals surface area (Å²) < 4.78 is 22.8. The van der Waals surface area contributed by atoms with Crippen molar-refractivity contribution in [3.8, 4) is 11.5 Å². The van der Waals surface area contributed by atoms with Crippen LogP contribution in [0.25, 0.3) is 0 Å². The summed E-state index contributed by atoms with van der Waals surface area (Å²) in [5.74, 6) is 0.860. The minimum Gasteiger partial charge on any atom is -0.467 e. The number of rotatable bonds is 10. The second kappa shape index (κ2) is 8.08. The fourth-order valence-corrected chi connectivity index (χ4v) is 1.84. The fraction of sp³-hybridized carbons (Fsp3) is 0.667. The van der Waals surface area contributed by atoms with Crippen LogP contribution in [0.5, 0.6) is 11.5 Å². The molecule has 1 aromatic rings. The molecule has 8 heteroatoms. The van der Waals surface area contributed by atoms with Crippen LogP contribution in [0.4, 0.5) is 0 Å². The molecule has 0 aromatic heterocycles. The van der Waals surface area contributed by atoms with E-state index in [-0.39, 0.29) is 13.2 Å². The third-order valence-electron chi connectivity index (χ3n) is 3.00. The third-order valence-corrected chi connectivity index (χ3v) is 3.00. The van der Waals surface area contributed by atoms with Crippen LogP contribution >= 0.6 is 0 Å². The van der Waals surface area contributed by atoms with Gasteiger partial charge in [-0.05, 0) is 53.7 Å². The Morgan fingerprint density at radius 3 is 1.23 bits per heavy atom. The lowest BCUT2D eigenvalue weighted by Gasteiger charge is -2.33. The second-order valence-electron chi connectivity index (χ2n) is 8.06. The van der Waals surface area contributed by atoms with Gasteiger partial charge in [-0.15, -0.1) is 0 Å². The molecule has 26 heavy (non-hydrogen) atoms. The summed E-state index contributed by atoms with van der Waals surface area (Å²) in [5, 5.41) is 0. The maximum Gasteiger partial charge on any atom is 0.179 e. The van der Waals surface area contributed by atoms with Gasteiger partial charge in [0.25, 0.3) is 0 Å². The zero-order chi connectivity index (χ0) is 20.2. The zero-order valence-corrected chi connectivity index (χ0v) is 16.7. The summed E-state index contributed by atoms with van der Waals surface area (Å²) in [6, 6.07) is 7.08. The largest absolute Gasteiger partial charge is 0.467 e. The molecule has 0 bridgehead atoms. The lowest BCUT2D eigenvalue weighted by atomic mass is 10.2. The van der Waals surface area contributed by atoms with Gasteiger partial charge in [-0.1, -0.05) is 12.1 Å². The Labute approximate surface area is 156 Å². The molecule has 0 aliphatic carbocycles. The van der Waals surface area contributed by atoms with Crippen molar-refractivity contribution in [2.24, 2.45) is 22.9 Å². The first-order valence-electron chi connectivity index (χ1n) is 8.49. The van der Waals surface area contributed by atoms with Gasteiger partial charge >= 0.3 is 0 Å². The van der Waals surface area contributed by atoms with E-state index in [1.54, 1.807) is 65.8 Å². The van der Waals surface area contributed by atoms with Crippen molar-refractivity contribution in [3.05, 3.63) is 24.3 Å². The monoisotopic (exact) mass is 370 g/mol. The highest BCUT2D eigenvalue weighted by molar-refractivity contribution is 5.40. The maximum atomic E-state index is 6.17. The van der Waals surface area contributed by atoms with E-state index in [9.17, 15) is 0 Å². The van der Waals surface area contributed by atoms with Gasteiger partial charge in [0.05, 0.1) is 0 Å². The van der Waals surface area contributed by atoms with Crippen molar-refractivity contribution < 1.29 is 18.9 Å². The molecule has 0 aliphatic heterocycles. The number of hydrogen-bond acceptors (Lipinski definition) is 8. The Hall–Kier alpha value is -1.42. The molecular weight excluding hydrogens is 336 g/mol. The van der Waals surface area contributed by atoms with Crippen molar-refractivity contribution in [1.29, 1.82) is 0 Å². The molecule has 2 atom stereocenters. The first-order valence-corrected chi connectivity index (χ1v) is 8.49. The average Bonchev–Trinajstić information content (AvgIpc) is 2.44. The van der Waals surface area contributed by atoms with Gasteiger partial charge in [0.1, 0.15) is 24.7 Å². The molecule has 0 heterocycles. The maximum absolute atomic E-state index is 6.17. The summed E-state index contributed by atoms with van der Waals surface area (Å²) in [7, 11) is 0. The van der Waals surface area contributed by atoms with E-state index in [0.717, 1.165) is 0 Å². The van der Waals surface area contributed by atoms with Gasteiger partial charge in [0, 0.05) is 0 Å². The molecule has 0 saturated carbocycles. The van der Waals surface area contributed by atoms with E-state index in [1.807, 2.05) is 0 Å². The molecular formula is C18H34N4O4. The van der Waals surface area contributed by atoms with Crippen LogP contribution in [0, 0.1) is 0 Å². The molecule has 0 radical (unpaired) electrons. The molecule has 0 amide bonds. The molecule has 8 nitrogen and oxygen atoms in total.